The predicted molar refractivity (Wildman–Crippen MR) is 106 cm³/mol. The third kappa shape index (κ3) is 5.09. The lowest BCUT2D eigenvalue weighted by Gasteiger charge is -2.16. The van der Waals surface area contributed by atoms with Crippen LogP contribution in [-0.4, -0.2) is 47.5 Å². The molecule has 0 saturated carbocycles. The zero-order valence-electron chi connectivity index (χ0n) is 16.4. The van der Waals surface area contributed by atoms with E-state index in [1.54, 1.807) is 30.1 Å². The number of nitrogens with zero attached hydrogens (tertiary/aromatic N) is 1. The average Bonchev–Trinajstić information content (AvgIpc) is 2.67. The summed E-state index contributed by atoms with van der Waals surface area (Å²) in [5.41, 5.74) is 0.961. The molecule has 0 aliphatic carbocycles. The van der Waals surface area contributed by atoms with Crippen LogP contribution < -0.4 is 10.1 Å². The molecule has 0 fully saturated rings. The van der Waals surface area contributed by atoms with Crippen LogP contribution in [0.15, 0.2) is 42.5 Å². The number of rotatable bonds is 7. The molecule has 2 rings (SSSR count). The van der Waals surface area contributed by atoms with Crippen molar-refractivity contribution in [2.24, 2.45) is 0 Å². The average molecular weight is 384 g/mol. The first-order valence-electron chi connectivity index (χ1n) is 8.93. The number of aromatic carboxylic acids is 1. The van der Waals surface area contributed by atoms with Crippen molar-refractivity contribution in [1.82, 2.24) is 4.90 Å². The summed E-state index contributed by atoms with van der Waals surface area (Å²) < 4.78 is 5.66. The van der Waals surface area contributed by atoms with Gasteiger partial charge in [-0.25, -0.2) is 4.79 Å². The van der Waals surface area contributed by atoms with E-state index in [0.717, 1.165) is 0 Å². The number of hydrogen-bond donors (Lipinski definition) is 2. The molecule has 0 radical (unpaired) electrons. The number of anilines is 1. The fourth-order valence-electron chi connectivity index (χ4n) is 2.47. The minimum absolute atomic E-state index is 0.0277. The Labute approximate surface area is 163 Å². The first-order valence-corrected chi connectivity index (χ1v) is 8.93. The number of carboxylic acids is 1. The second-order valence-corrected chi connectivity index (χ2v) is 6.54. The highest BCUT2D eigenvalue weighted by Crippen LogP contribution is 2.27. The second kappa shape index (κ2) is 9.03. The number of carboxylic acid groups (broad SMARTS) is 1. The van der Waals surface area contributed by atoms with Gasteiger partial charge in [0.05, 0.1) is 17.4 Å². The van der Waals surface area contributed by atoms with Crippen LogP contribution in [-0.2, 0) is 0 Å². The van der Waals surface area contributed by atoms with Crippen LogP contribution in [0.4, 0.5) is 5.69 Å². The molecule has 0 spiro atoms. The van der Waals surface area contributed by atoms with Crippen LogP contribution in [0, 0.1) is 0 Å². The number of nitrogens with one attached hydrogen (secondary N) is 1. The van der Waals surface area contributed by atoms with E-state index >= 15 is 0 Å². The number of carbonyl (C=O) groups is 3. The SMILES string of the molecule is CCN(C)C(=O)c1cccc(C(=O)Nc2cc(C(=O)O)ccc2OC(C)C)c1. The largest absolute Gasteiger partial charge is 0.489 e. The molecule has 7 heteroatoms. The maximum atomic E-state index is 12.7. The third-order valence-electron chi connectivity index (χ3n) is 4.03. The molecule has 2 aromatic rings. The van der Waals surface area contributed by atoms with E-state index in [-0.39, 0.29) is 28.8 Å². The predicted octanol–water partition coefficient (Wildman–Crippen LogP) is 3.52. The standard InChI is InChI=1S/C21H24N2O5/c1-5-23(4)20(25)15-8-6-7-14(11-15)19(24)22-17-12-16(21(26)27)9-10-18(17)28-13(2)3/h6-13H,5H2,1-4H3,(H,22,24)(H,26,27). The Balaban J connectivity index is 2.32. The molecular weight excluding hydrogens is 360 g/mol. The highest BCUT2D eigenvalue weighted by molar-refractivity contribution is 6.07. The molecule has 28 heavy (non-hydrogen) atoms. The second-order valence-electron chi connectivity index (χ2n) is 6.54. The molecule has 2 aromatic carbocycles. The lowest BCUT2D eigenvalue weighted by atomic mass is 10.1. The van der Waals surface area contributed by atoms with Gasteiger partial charge in [-0.3, -0.25) is 9.59 Å². The number of ether oxygens (including phenoxy) is 1. The maximum absolute atomic E-state index is 12.7. The molecule has 2 N–H and O–H groups in total. The van der Waals surface area contributed by atoms with Gasteiger partial charge in [-0.2, -0.15) is 0 Å². The first kappa shape index (κ1) is 21.0. The summed E-state index contributed by atoms with van der Waals surface area (Å²) in [6, 6.07) is 10.6. The number of carbonyl (C=O) groups excluding carboxylic acids is 2. The smallest absolute Gasteiger partial charge is 0.335 e. The monoisotopic (exact) mass is 384 g/mol. The summed E-state index contributed by atoms with van der Waals surface area (Å²) in [6.07, 6.45) is -0.156. The van der Waals surface area contributed by atoms with Gasteiger partial charge in [0.15, 0.2) is 0 Å². The molecule has 2 amide bonds. The van der Waals surface area contributed by atoms with Gasteiger partial charge in [-0.15, -0.1) is 0 Å². The summed E-state index contributed by atoms with van der Waals surface area (Å²) >= 11 is 0. The molecule has 0 aliphatic rings. The van der Waals surface area contributed by atoms with E-state index < -0.39 is 11.9 Å². The van der Waals surface area contributed by atoms with Crippen molar-refractivity contribution in [3.05, 3.63) is 59.2 Å². The molecule has 7 nitrogen and oxygen atoms in total. The van der Waals surface area contributed by atoms with E-state index in [2.05, 4.69) is 5.32 Å². The number of hydrogen-bond acceptors (Lipinski definition) is 4. The number of benzene rings is 2. The minimum Gasteiger partial charge on any atom is -0.489 e. The molecular formula is C21H24N2O5. The summed E-state index contributed by atoms with van der Waals surface area (Å²) in [4.78, 5) is 37.8. The summed E-state index contributed by atoms with van der Waals surface area (Å²) in [5, 5.41) is 11.9. The Bertz CT molecular complexity index is 892. The van der Waals surface area contributed by atoms with E-state index in [0.29, 0.717) is 17.9 Å². The Morgan fingerprint density at radius 1 is 1.07 bits per heavy atom. The lowest BCUT2D eigenvalue weighted by Crippen LogP contribution is -2.26. The van der Waals surface area contributed by atoms with Crippen molar-refractivity contribution in [2.75, 3.05) is 18.9 Å². The minimum atomic E-state index is -1.11. The van der Waals surface area contributed by atoms with Gasteiger partial charge < -0.3 is 20.1 Å². The van der Waals surface area contributed by atoms with Gasteiger partial charge in [-0.1, -0.05) is 6.07 Å². The van der Waals surface area contributed by atoms with Crippen molar-refractivity contribution in [1.29, 1.82) is 0 Å². The van der Waals surface area contributed by atoms with Crippen molar-refractivity contribution in [3.8, 4) is 5.75 Å². The Morgan fingerprint density at radius 3 is 2.36 bits per heavy atom. The van der Waals surface area contributed by atoms with Gasteiger partial charge in [-0.05, 0) is 57.2 Å². The van der Waals surface area contributed by atoms with Crippen molar-refractivity contribution in [2.45, 2.75) is 26.9 Å². The molecule has 148 valence electrons. The van der Waals surface area contributed by atoms with Crippen molar-refractivity contribution < 1.29 is 24.2 Å². The van der Waals surface area contributed by atoms with Crippen LogP contribution in [0.3, 0.4) is 0 Å². The van der Waals surface area contributed by atoms with Crippen molar-refractivity contribution in [3.63, 3.8) is 0 Å². The fourth-order valence-corrected chi connectivity index (χ4v) is 2.47. The molecule has 0 unspecified atom stereocenters. The molecule has 0 aromatic heterocycles. The lowest BCUT2D eigenvalue weighted by molar-refractivity contribution is 0.0695. The van der Waals surface area contributed by atoms with E-state index in [9.17, 15) is 19.5 Å². The van der Waals surface area contributed by atoms with E-state index in [1.807, 2.05) is 20.8 Å². The van der Waals surface area contributed by atoms with Crippen molar-refractivity contribution >= 4 is 23.5 Å². The maximum Gasteiger partial charge on any atom is 0.335 e. The summed E-state index contributed by atoms with van der Waals surface area (Å²) in [7, 11) is 1.68. The highest BCUT2D eigenvalue weighted by Gasteiger charge is 2.16. The number of amides is 2. The Morgan fingerprint density at radius 2 is 1.75 bits per heavy atom. The quantitative estimate of drug-likeness (QED) is 0.761. The summed E-state index contributed by atoms with van der Waals surface area (Å²) in [5.74, 6) is -1.40. The van der Waals surface area contributed by atoms with Crippen LogP contribution in [0.5, 0.6) is 5.75 Å². The highest BCUT2D eigenvalue weighted by atomic mass is 16.5. The van der Waals surface area contributed by atoms with Crippen LogP contribution >= 0.6 is 0 Å². The topological polar surface area (TPSA) is 95.9 Å². The van der Waals surface area contributed by atoms with Gasteiger partial charge in [0.25, 0.3) is 11.8 Å². The molecule has 0 aliphatic heterocycles. The van der Waals surface area contributed by atoms with Gasteiger partial charge >= 0.3 is 5.97 Å². The fraction of sp³-hybridized carbons (Fsp3) is 0.286. The zero-order valence-corrected chi connectivity index (χ0v) is 16.4. The zero-order chi connectivity index (χ0) is 20.8. The Hall–Kier alpha value is -3.35. The normalized spacial score (nSPS) is 10.5. The molecule has 0 heterocycles. The van der Waals surface area contributed by atoms with E-state index in [4.69, 9.17) is 4.74 Å². The van der Waals surface area contributed by atoms with Gasteiger partial charge in [0, 0.05) is 24.7 Å². The van der Waals surface area contributed by atoms with Gasteiger partial charge in [0.2, 0.25) is 0 Å². The van der Waals surface area contributed by atoms with Crippen LogP contribution in [0.2, 0.25) is 0 Å². The van der Waals surface area contributed by atoms with Gasteiger partial charge in [0.1, 0.15) is 5.75 Å². The summed E-state index contributed by atoms with van der Waals surface area (Å²) in [6.45, 7) is 6.07. The molecule has 0 atom stereocenters. The van der Waals surface area contributed by atoms with Crippen LogP contribution in [0.25, 0.3) is 0 Å². The van der Waals surface area contributed by atoms with Crippen LogP contribution in [0.1, 0.15) is 51.8 Å². The molecule has 0 saturated heterocycles. The third-order valence-corrected chi connectivity index (χ3v) is 4.03. The Kier molecular flexibility index (Phi) is 6.76. The molecule has 0 bridgehead atoms. The van der Waals surface area contributed by atoms with E-state index in [1.165, 1.54) is 24.3 Å². The first-order chi connectivity index (χ1) is 13.2.